The molecule has 3 N–H and O–H groups in total. The molecule has 92 valence electrons. The summed E-state index contributed by atoms with van der Waals surface area (Å²) < 4.78 is 0. The lowest BCUT2D eigenvalue weighted by atomic mass is 10.1. The van der Waals surface area contributed by atoms with Crippen LogP contribution >= 0.6 is 0 Å². The lowest BCUT2D eigenvalue weighted by molar-refractivity contribution is -0.384. The molecular formula is C11H15N3O3. The van der Waals surface area contributed by atoms with Gasteiger partial charge in [-0.05, 0) is 19.4 Å². The van der Waals surface area contributed by atoms with Crippen molar-refractivity contribution in [2.24, 2.45) is 5.73 Å². The van der Waals surface area contributed by atoms with E-state index in [1.807, 2.05) is 0 Å². The molecule has 17 heavy (non-hydrogen) atoms. The smallest absolute Gasteiger partial charge is 0.270 e. The van der Waals surface area contributed by atoms with Crippen molar-refractivity contribution in [1.82, 2.24) is 5.32 Å². The van der Waals surface area contributed by atoms with Crippen LogP contribution in [0, 0.1) is 17.0 Å². The number of carbonyl (C=O) groups is 1. The molecule has 6 nitrogen and oxygen atoms in total. The van der Waals surface area contributed by atoms with Gasteiger partial charge in [0.25, 0.3) is 11.6 Å². The van der Waals surface area contributed by atoms with E-state index < -0.39 is 4.92 Å². The van der Waals surface area contributed by atoms with Gasteiger partial charge in [0.05, 0.1) is 4.92 Å². The summed E-state index contributed by atoms with van der Waals surface area (Å²) >= 11 is 0. The average Bonchev–Trinajstić information content (AvgIpc) is 2.28. The number of rotatable bonds is 4. The minimum atomic E-state index is -0.525. The largest absolute Gasteiger partial charge is 0.348 e. The van der Waals surface area contributed by atoms with Crippen LogP contribution in [0.4, 0.5) is 5.69 Å². The van der Waals surface area contributed by atoms with Crippen molar-refractivity contribution < 1.29 is 9.72 Å². The minimum absolute atomic E-state index is 0.0962. The monoisotopic (exact) mass is 237 g/mol. The molecule has 0 aromatic heterocycles. The maximum atomic E-state index is 11.8. The summed E-state index contributed by atoms with van der Waals surface area (Å²) in [5.74, 6) is -0.343. The number of nitrogens with one attached hydrogen (secondary N) is 1. The third-order valence-corrected chi connectivity index (χ3v) is 2.41. The lowest BCUT2D eigenvalue weighted by Gasteiger charge is -2.12. The summed E-state index contributed by atoms with van der Waals surface area (Å²) in [6.07, 6.45) is 0. The van der Waals surface area contributed by atoms with Crippen molar-refractivity contribution in [3.8, 4) is 0 Å². The quantitative estimate of drug-likeness (QED) is 0.602. The van der Waals surface area contributed by atoms with Gasteiger partial charge in [-0.25, -0.2) is 0 Å². The Morgan fingerprint density at radius 2 is 2.24 bits per heavy atom. The third-order valence-electron chi connectivity index (χ3n) is 2.41. The van der Waals surface area contributed by atoms with E-state index in [4.69, 9.17) is 5.73 Å². The molecule has 1 rings (SSSR count). The Morgan fingerprint density at radius 1 is 1.59 bits per heavy atom. The second-order valence-corrected chi connectivity index (χ2v) is 3.87. The summed E-state index contributed by atoms with van der Waals surface area (Å²) in [5, 5.41) is 13.3. The standard InChI is InChI=1S/C11H15N3O3/c1-7-3-4-9(14(16)17)5-10(7)11(15)13-8(2)6-12/h3-5,8H,6,12H2,1-2H3,(H,13,15)/t8-/m0/s1. The number of nitro groups is 1. The van der Waals surface area contributed by atoms with E-state index in [1.54, 1.807) is 19.9 Å². The van der Waals surface area contributed by atoms with Gasteiger partial charge in [-0.3, -0.25) is 14.9 Å². The van der Waals surface area contributed by atoms with Crippen LogP contribution in [0.5, 0.6) is 0 Å². The zero-order chi connectivity index (χ0) is 13.0. The van der Waals surface area contributed by atoms with Crippen LogP contribution in [0.2, 0.25) is 0 Å². The lowest BCUT2D eigenvalue weighted by Crippen LogP contribution is -2.38. The van der Waals surface area contributed by atoms with E-state index in [-0.39, 0.29) is 17.6 Å². The zero-order valence-corrected chi connectivity index (χ0v) is 9.77. The highest BCUT2D eigenvalue weighted by molar-refractivity contribution is 5.96. The highest BCUT2D eigenvalue weighted by atomic mass is 16.6. The van der Waals surface area contributed by atoms with Crippen LogP contribution in [0.15, 0.2) is 18.2 Å². The molecule has 0 saturated heterocycles. The molecule has 1 atom stereocenters. The number of nitro benzene ring substituents is 1. The van der Waals surface area contributed by atoms with Crippen molar-refractivity contribution in [3.05, 3.63) is 39.4 Å². The first-order valence-electron chi connectivity index (χ1n) is 5.21. The normalized spacial score (nSPS) is 11.9. The van der Waals surface area contributed by atoms with E-state index in [0.717, 1.165) is 0 Å². The highest BCUT2D eigenvalue weighted by Crippen LogP contribution is 2.17. The predicted molar refractivity (Wildman–Crippen MR) is 63.8 cm³/mol. The van der Waals surface area contributed by atoms with Gasteiger partial charge in [-0.1, -0.05) is 6.07 Å². The first kappa shape index (κ1) is 13.1. The van der Waals surface area contributed by atoms with Crippen LogP contribution in [0.1, 0.15) is 22.8 Å². The summed E-state index contributed by atoms with van der Waals surface area (Å²) in [4.78, 5) is 21.9. The molecule has 0 fully saturated rings. The number of hydrogen-bond donors (Lipinski definition) is 2. The number of aryl methyl sites for hydroxylation is 1. The second kappa shape index (κ2) is 5.40. The first-order valence-corrected chi connectivity index (χ1v) is 5.21. The summed E-state index contributed by atoms with van der Waals surface area (Å²) in [6, 6.07) is 4.04. The van der Waals surface area contributed by atoms with Gasteiger partial charge >= 0.3 is 0 Å². The molecule has 0 aliphatic carbocycles. The molecule has 1 aromatic carbocycles. The van der Waals surface area contributed by atoms with Gasteiger partial charge in [0.2, 0.25) is 0 Å². The van der Waals surface area contributed by atoms with E-state index in [1.165, 1.54) is 12.1 Å². The topological polar surface area (TPSA) is 98.3 Å². The predicted octanol–water partition coefficient (Wildman–Crippen LogP) is 0.980. The fourth-order valence-corrected chi connectivity index (χ4v) is 1.33. The van der Waals surface area contributed by atoms with Crippen LogP contribution in [0.3, 0.4) is 0 Å². The summed E-state index contributed by atoms with van der Waals surface area (Å²) in [5.41, 5.74) is 6.29. The van der Waals surface area contributed by atoms with E-state index >= 15 is 0 Å². The maximum absolute atomic E-state index is 11.8. The van der Waals surface area contributed by atoms with E-state index in [9.17, 15) is 14.9 Å². The van der Waals surface area contributed by atoms with Gasteiger partial charge in [-0.15, -0.1) is 0 Å². The number of benzene rings is 1. The number of nitrogens with zero attached hydrogens (tertiary/aromatic N) is 1. The molecule has 0 saturated carbocycles. The fraction of sp³-hybridized carbons (Fsp3) is 0.364. The van der Waals surface area contributed by atoms with Crippen LogP contribution in [0.25, 0.3) is 0 Å². The zero-order valence-electron chi connectivity index (χ0n) is 9.77. The van der Waals surface area contributed by atoms with E-state index in [0.29, 0.717) is 17.7 Å². The van der Waals surface area contributed by atoms with Gasteiger partial charge in [0.15, 0.2) is 0 Å². The van der Waals surface area contributed by atoms with Crippen LogP contribution < -0.4 is 11.1 Å². The van der Waals surface area contributed by atoms with Gasteiger partial charge in [-0.2, -0.15) is 0 Å². The molecule has 0 aliphatic heterocycles. The van der Waals surface area contributed by atoms with Crippen molar-refractivity contribution in [1.29, 1.82) is 0 Å². The van der Waals surface area contributed by atoms with Crippen molar-refractivity contribution in [2.75, 3.05) is 6.54 Å². The Hall–Kier alpha value is -1.95. The fourth-order valence-electron chi connectivity index (χ4n) is 1.33. The number of amides is 1. The summed E-state index contributed by atoms with van der Waals surface area (Å²) in [7, 11) is 0. The molecule has 0 bridgehead atoms. The third kappa shape index (κ3) is 3.25. The summed E-state index contributed by atoms with van der Waals surface area (Å²) in [6.45, 7) is 3.82. The molecule has 6 heteroatoms. The second-order valence-electron chi connectivity index (χ2n) is 3.87. The SMILES string of the molecule is Cc1ccc([N+](=O)[O-])cc1C(=O)N[C@@H](C)CN. The molecule has 1 amide bonds. The van der Waals surface area contributed by atoms with Crippen LogP contribution in [-0.2, 0) is 0 Å². The Morgan fingerprint density at radius 3 is 2.76 bits per heavy atom. The Balaban J connectivity index is 3.00. The van der Waals surface area contributed by atoms with E-state index in [2.05, 4.69) is 5.32 Å². The molecular weight excluding hydrogens is 222 g/mol. The molecule has 0 radical (unpaired) electrons. The maximum Gasteiger partial charge on any atom is 0.270 e. The number of nitrogens with two attached hydrogens (primary N) is 1. The number of hydrogen-bond acceptors (Lipinski definition) is 4. The average molecular weight is 237 g/mol. The Kier molecular flexibility index (Phi) is 4.17. The van der Waals surface area contributed by atoms with Gasteiger partial charge in [0.1, 0.15) is 0 Å². The first-order chi connectivity index (χ1) is 7.95. The molecule has 0 aliphatic rings. The number of carbonyl (C=O) groups excluding carboxylic acids is 1. The highest BCUT2D eigenvalue weighted by Gasteiger charge is 2.15. The Labute approximate surface area is 99.0 Å². The molecule has 0 unspecified atom stereocenters. The molecule has 0 heterocycles. The minimum Gasteiger partial charge on any atom is -0.348 e. The molecule has 1 aromatic rings. The molecule has 0 spiro atoms. The number of non-ortho nitro benzene ring substituents is 1. The van der Waals surface area contributed by atoms with Gasteiger partial charge < -0.3 is 11.1 Å². The Bertz CT molecular complexity index is 446. The van der Waals surface area contributed by atoms with Crippen molar-refractivity contribution >= 4 is 11.6 Å². The van der Waals surface area contributed by atoms with Crippen LogP contribution in [-0.4, -0.2) is 23.4 Å². The van der Waals surface area contributed by atoms with Crippen molar-refractivity contribution in [2.45, 2.75) is 19.9 Å². The van der Waals surface area contributed by atoms with Crippen molar-refractivity contribution in [3.63, 3.8) is 0 Å². The van der Waals surface area contributed by atoms with Gasteiger partial charge in [0, 0.05) is 30.3 Å².